The Kier molecular flexibility index (Phi) is 3.47. The van der Waals surface area contributed by atoms with Crippen LogP contribution in [0.4, 0.5) is 0 Å². The van der Waals surface area contributed by atoms with E-state index in [2.05, 4.69) is 6.58 Å². The maximum absolute atomic E-state index is 11.7. The van der Waals surface area contributed by atoms with Crippen LogP contribution in [-0.2, 0) is 14.4 Å². The molecular weight excluding hydrogens is 212 g/mol. The van der Waals surface area contributed by atoms with Crippen molar-refractivity contribution < 1.29 is 24.6 Å². The minimum Gasteiger partial charge on any atom is -0.481 e. The van der Waals surface area contributed by atoms with Gasteiger partial charge in [0.05, 0.1) is 5.92 Å². The van der Waals surface area contributed by atoms with Gasteiger partial charge in [-0.3, -0.25) is 14.4 Å². The second kappa shape index (κ2) is 4.47. The van der Waals surface area contributed by atoms with Gasteiger partial charge in [0.15, 0.2) is 5.78 Å². The minimum atomic E-state index is -1.81. The van der Waals surface area contributed by atoms with E-state index >= 15 is 0 Å². The first-order valence-corrected chi connectivity index (χ1v) is 5.10. The molecule has 0 aliphatic heterocycles. The molecule has 2 atom stereocenters. The largest absolute Gasteiger partial charge is 0.481 e. The van der Waals surface area contributed by atoms with E-state index < -0.39 is 29.1 Å². The van der Waals surface area contributed by atoms with Crippen LogP contribution >= 0.6 is 0 Å². The lowest BCUT2D eigenvalue weighted by molar-refractivity contribution is -0.169. The van der Waals surface area contributed by atoms with Crippen LogP contribution in [0.1, 0.15) is 25.7 Å². The van der Waals surface area contributed by atoms with E-state index in [0.717, 1.165) is 6.08 Å². The number of aliphatic carboxylic acids is 2. The Morgan fingerprint density at radius 2 is 1.88 bits per heavy atom. The molecule has 1 rings (SSSR count). The van der Waals surface area contributed by atoms with Gasteiger partial charge in [0.25, 0.3) is 0 Å². The van der Waals surface area contributed by atoms with Crippen molar-refractivity contribution in [3.8, 4) is 0 Å². The van der Waals surface area contributed by atoms with Crippen LogP contribution in [0.25, 0.3) is 0 Å². The summed E-state index contributed by atoms with van der Waals surface area (Å²) in [5.41, 5.74) is -1.81. The van der Waals surface area contributed by atoms with Crippen LogP contribution in [0, 0.1) is 11.3 Å². The summed E-state index contributed by atoms with van der Waals surface area (Å²) in [6.45, 7) is 3.25. The number of allylic oxidation sites excluding steroid dienone is 1. The van der Waals surface area contributed by atoms with Crippen LogP contribution in [0.5, 0.6) is 0 Å². The van der Waals surface area contributed by atoms with Gasteiger partial charge in [0.2, 0.25) is 0 Å². The van der Waals surface area contributed by atoms with E-state index in [0.29, 0.717) is 12.8 Å². The monoisotopic (exact) mass is 226 g/mol. The van der Waals surface area contributed by atoms with Gasteiger partial charge in [-0.2, -0.15) is 0 Å². The zero-order chi connectivity index (χ0) is 12.3. The second-order valence-corrected chi connectivity index (χ2v) is 3.98. The number of rotatable bonds is 4. The highest BCUT2D eigenvalue weighted by atomic mass is 16.4. The van der Waals surface area contributed by atoms with Gasteiger partial charge in [-0.05, 0) is 18.9 Å². The number of carbonyl (C=O) groups is 3. The van der Waals surface area contributed by atoms with E-state index in [1.807, 2.05) is 0 Å². The van der Waals surface area contributed by atoms with Gasteiger partial charge in [-0.25, -0.2) is 0 Å². The molecule has 5 heteroatoms. The highest BCUT2D eigenvalue weighted by Crippen LogP contribution is 2.43. The van der Waals surface area contributed by atoms with E-state index in [9.17, 15) is 19.5 Å². The molecule has 16 heavy (non-hydrogen) atoms. The van der Waals surface area contributed by atoms with Gasteiger partial charge in [0, 0.05) is 0 Å². The van der Waals surface area contributed by atoms with Crippen molar-refractivity contribution in [3.63, 3.8) is 0 Å². The highest BCUT2D eigenvalue weighted by molar-refractivity contribution is 6.11. The lowest BCUT2D eigenvalue weighted by Gasteiger charge is -2.36. The molecule has 0 saturated heterocycles. The Bertz CT molecular complexity index is 346. The Labute approximate surface area is 92.8 Å². The lowest BCUT2D eigenvalue weighted by atomic mass is 9.63. The Morgan fingerprint density at radius 3 is 2.31 bits per heavy atom. The third-order valence-electron chi connectivity index (χ3n) is 3.21. The van der Waals surface area contributed by atoms with Crippen LogP contribution in [-0.4, -0.2) is 27.9 Å². The standard InChI is InChI=1S/C11H14O5/c1-2-8(12)11(10(15)16)6-4-3-5-7(11)9(13)14/h2,7H,1,3-6H2,(H,13,14)(H,15,16). The number of carboxylic acids is 2. The molecular formula is C11H14O5. The molecule has 5 nitrogen and oxygen atoms in total. The molecule has 1 fully saturated rings. The summed E-state index contributed by atoms with van der Waals surface area (Å²) in [5.74, 6) is -4.43. The maximum atomic E-state index is 11.7. The summed E-state index contributed by atoms with van der Waals surface area (Å²) in [6, 6.07) is 0. The number of ketones is 1. The molecule has 0 heterocycles. The van der Waals surface area contributed by atoms with Crippen LogP contribution in [0.15, 0.2) is 12.7 Å². The summed E-state index contributed by atoms with van der Waals surface area (Å²) in [5, 5.41) is 18.2. The predicted octanol–water partition coefficient (Wildman–Crippen LogP) is 1.09. The van der Waals surface area contributed by atoms with Gasteiger partial charge in [0.1, 0.15) is 5.41 Å². The first-order valence-electron chi connectivity index (χ1n) is 5.10. The molecule has 0 aromatic carbocycles. The van der Waals surface area contributed by atoms with Crippen LogP contribution < -0.4 is 0 Å². The Balaban J connectivity index is 3.23. The summed E-state index contributed by atoms with van der Waals surface area (Å²) in [4.78, 5) is 34.0. The van der Waals surface area contributed by atoms with Crippen molar-refractivity contribution in [1.29, 1.82) is 0 Å². The highest BCUT2D eigenvalue weighted by Gasteiger charge is 2.55. The smallest absolute Gasteiger partial charge is 0.318 e. The first-order chi connectivity index (χ1) is 7.46. The molecule has 88 valence electrons. The van der Waals surface area contributed by atoms with Crippen molar-refractivity contribution in [1.82, 2.24) is 0 Å². The van der Waals surface area contributed by atoms with E-state index in [1.54, 1.807) is 0 Å². The quantitative estimate of drug-likeness (QED) is 0.553. The molecule has 0 amide bonds. The van der Waals surface area contributed by atoms with E-state index in [1.165, 1.54) is 0 Å². The maximum Gasteiger partial charge on any atom is 0.318 e. The lowest BCUT2D eigenvalue weighted by Crippen LogP contribution is -2.49. The molecule has 1 saturated carbocycles. The molecule has 0 aromatic heterocycles. The Hall–Kier alpha value is -1.65. The van der Waals surface area contributed by atoms with Crippen molar-refractivity contribution in [3.05, 3.63) is 12.7 Å². The number of carbonyl (C=O) groups excluding carboxylic acids is 1. The number of hydrogen-bond donors (Lipinski definition) is 2. The van der Waals surface area contributed by atoms with Gasteiger partial charge < -0.3 is 10.2 Å². The SMILES string of the molecule is C=CC(=O)C1(C(=O)O)CCCCC1C(=O)O. The van der Waals surface area contributed by atoms with Gasteiger partial charge >= 0.3 is 11.9 Å². The third-order valence-corrected chi connectivity index (χ3v) is 3.21. The summed E-state index contributed by atoms with van der Waals surface area (Å²) < 4.78 is 0. The van der Waals surface area contributed by atoms with Gasteiger partial charge in [-0.1, -0.05) is 19.4 Å². The molecule has 0 bridgehead atoms. The fourth-order valence-corrected chi connectivity index (χ4v) is 2.35. The molecule has 0 aromatic rings. The average molecular weight is 226 g/mol. The molecule has 1 aliphatic carbocycles. The van der Waals surface area contributed by atoms with Gasteiger partial charge in [-0.15, -0.1) is 0 Å². The molecule has 1 aliphatic rings. The molecule has 2 unspecified atom stereocenters. The minimum absolute atomic E-state index is 0.0736. The number of hydrogen-bond acceptors (Lipinski definition) is 3. The normalized spacial score (nSPS) is 29.4. The number of carboxylic acid groups (broad SMARTS) is 2. The summed E-state index contributed by atoms with van der Waals surface area (Å²) in [6.07, 6.45) is 2.40. The van der Waals surface area contributed by atoms with Crippen molar-refractivity contribution in [2.75, 3.05) is 0 Å². The second-order valence-electron chi connectivity index (χ2n) is 3.98. The zero-order valence-corrected chi connectivity index (χ0v) is 8.81. The van der Waals surface area contributed by atoms with E-state index in [-0.39, 0.29) is 12.8 Å². The fourth-order valence-electron chi connectivity index (χ4n) is 2.35. The van der Waals surface area contributed by atoms with Crippen molar-refractivity contribution >= 4 is 17.7 Å². The Morgan fingerprint density at radius 1 is 1.25 bits per heavy atom. The van der Waals surface area contributed by atoms with Crippen molar-refractivity contribution in [2.45, 2.75) is 25.7 Å². The topological polar surface area (TPSA) is 91.7 Å². The van der Waals surface area contributed by atoms with Crippen molar-refractivity contribution in [2.24, 2.45) is 11.3 Å². The third kappa shape index (κ3) is 1.73. The average Bonchev–Trinajstić information content (AvgIpc) is 2.27. The van der Waals surface area contributed by atoms with E-state index in [4.69, 9.17) is 5.11 Å². The fraction of sp³-hybridized carbons (Fsp3) is 0.545. The molecule has 2 N–H and O–H groups in total. The first kappa shape index (κ1) is 12.4. The summed E-state index contributed by atoms with van der Waals surface area (Å²) in [7, 11) is 0. The molecule has 0 spiro atoms. The predicted molar refractivity (Wildman–Crippen MR) is 54.9 cm³/mol. The van der Waals surface area contributed by atoms with Crippen LogP contribution in [0.2, 0.25) is 0 Å². The summed E-state index contributed by atoms with van der Waals surface area (Å²) >= 11 is 0. The van der Waals surface area contributed by atoms with Crippen LogP contribution in [0.3, 0.4) is 0 Å². The zero-order valence-electron chi connectivity index (χ0n) is 8.81. The molecule has 0 radical (unpaired) electrons.